The summed E-state index contributed by atoms with van der Waals surface area (Å²) in [5, 5.41) is 6.54. The second-order valence-corrected chi connectivity index (χ2v) is 5.97. The smallest absolute Gasteiger partial charge is 0.379 e. The fourth-order valence-corrected chi connectivity index (χ4v) is 2.24. The van der Waals surface area contributed by atoms with Crippen molar-refractivity contribution in [1.29, 1.82) is 0 Å². The lowest BCUT2D eigenvalue weighted by Gasteiger charge is -2.25. The van der Waals surface area contributed by atoms with Crippen LogP contribution in [-0.4, -0.2) is 41.1 Å². The van der Waals surface area contributed by atoms with Crippen molar-refractivity contribution in [1.82, 2.24) is 15.1 Å². The van der Waals surface area contributed by atoms with E-state index in [1.165, 1.54) is 6.92 Å². The second kappa shape index (κ2) is 5.32. The van der Waals surface area contributed by atoms with Crippen molar-refractivity contribution < 1.29 is 22.7 Å². The van der Waals surface area contributed by atoms with Crippen LogP contribution in [0.1, 0.15) is 29.9 Å². The molecule has 1 aliphatic heterocycles. The van der Waals surface area contributed by atoms with Crippen molar-refractivity contribution in [3.8, 4) is 0 Å². The molecule has 8 heteroatoms. The Morgan fingerprint density at radius 1 is 1.57 bits per heavy atom. The molecule has 2 rings (SSSR count). The van der Waals surface area contributed by atoms with Gasteiger partial charge < -0.3 is 10.1 Å². The van der Waals surface area contributed by atoms with Gasteiger partial charge in [0.1, 0.15) is 6.54 Å². The minimum absolute atomic E-state index is 0.155. The van der Waals surface area contributed by atoms with Crippen LogP contribution >= 0.6 is 0 Å². The van der Waals surface area contributed by atoms with Crippen LogP contribution in [0, 0.1) is 12.3 Å². The maximum Gasteiger partial charge on any atom is 0.408 e. The number of aryl methyl sites for hydroxylation is 1. The average Bonchev–Trinajstić information content (AvgIpc) is 2.80. The molecule has 1 unspecified atom stereocenters. The van der Waals surface area contributed by atoms with Gasteiger partial charge in [0, 0.05) is 11.6 Å². The summed E-state index contributed by atoms with van der Waals surface area (Å²) in [7, 11) is 0. The van der Waals surface area contributed by atoms with Crippen molar-refractivity contribution in [2.75, 3.05) is 13.2 Å². The first-order valence-electron chi connectivity index (χ1n) is 6.58. The Balaban J connectivity index is 2.09. The van der Waals surface area contributed by atoms with Gasteiger partial charge in [-0.3, -0.25) is 9.48 Å². The standard InChI is InChI=1S/C13H18F3N3O2/c1-8-9(4-19(18-8)6-13(14,15)16)11(20)17-10-5-21-7-12(10,2)3/h4,10H,5-7H2,1-3H3,(H,17,20). The topological polar surface area (TPSA) is 56.2 Å². The maximum atomic E-state index is 12.3. The Kier molecular flexibility index (Phi) is 4.01. The van der Waals surface area contributed by atoms with E-state index >= 15 is 0 Å². The number of ether oxygens (including phenoxy) is 1. The largest absolute Gasteiger partial charge is 0.408 e. The molecule has 0 bridgehead atoms. The molecular formula is C13H18F3N3O2. The number of carbonyl (C=O) groups excluding carboxylic acids is 1. The molecule has 1 fully saturated rings. The van der Waals surface area contributed by atoms with E-state index in [2.05, 4.69) is 10.4 Å². The van der Waals surface area contributed by atoms with E-state index in [0.29, 0.717) is 13.2 Å². The number of halogens is 3. The molecule has 0 aromatic carbocycles. The van der Waals surface area contributed by atoms with Gasteiger partial charge in [0.05, 0.1) is 30.5 Å². The molecule has 0 spiro atoms. The number of hydrogen-bond acceptors (Lipinski definition) is 3. The number of nitrogens with zero attached hydrogens (tertiary/aromatic N) is 2. The van der Waals surface area contributed by atoms with Crippen molar-refractivity contribution in [3.05, 3.63) is 17.5 Å². The Hall–Kier alpha value is -1.57. The molecule has 1 atom stereocenters. The van der Waals surface area contributed by atoms with Crippen LogP contribution in [0.15, 0.2) is 6.20 Å². The molecule has 1 aliphatic rings. The van der Waals surface area contributed by atoms with Gasteiger partial charge in [0.25, 0.3) is 5.91 Å². The molecule has 5 nitrogen and oxygen atoms in total. The van der Waals surface area contributed by atoms with E-state index in [1.54, 1.807) is 0 Å². The minimum Gasteiger partial charge on any atom is -0.379 e. The monoisotopic (exact) mass is 305 g/mol. The predicted octanol–water partition coefficient (Wildman–Crippen LogP) is 1.91. The molecule has 1 amide bonds. The summed E-state index contributed by atoms with van der Waals surface area (Å²) in [5.41, 5.74) is 0.223. The van der Waals surface area contributed by atoms with Gasteiger partial charge in [-0.25, -0.2) is 0 Å². The van der Waals surface area contributed by atoms with E-state index in [4.69, 9.17) is 4.74 Å². The zero-order chi connectivity index (χ0) is 15.8. The zero-order valence-corrected chi connectivity index (χ0v) is 12.1. The summed E-state index contributed by atoms with van der Waals surface area (Å²) in [6, 6.07) is -0.171. The molecule has 0 aliphatic carbocycles. The summed E-state index contributed by atoms with van der Waals surface area (Å²) in [5.74, 6) is -0.426. The third-order valence-electron chi connectivity index (χ3n) is 3.54. The maximum absolute atomic E-state index is 12.3. The Labute approximate surface area is 120 Å². The first-order chi connectivity index (χ1) is 9.58. The summed E-state index contributed by atoms with van der Waals surface area (Å²) in [6.45, 7) is 5.16. The van der Waals surface area contributed by atoms with Crippen molar-refractivity contribution in [2.24, 2.45) is 5.41 Å². The molecule has 2 heterocycles. The molecule has 1 saturated heterocycles. The molecule has 1 aromatic rings. The van der Waals surface area contributed by atoms with Crippen LogP contribution in [0.2, 0.25) is 0 Å². The minimum atomic E-state index is -4.37. The Morgan fingerprint density at radius 3 is 2.76 bits per heavy atom. The number of carbonyl (C=O) groups is 1. The fraction of sp³-hybridized carbons (Fsp3) is 0.692. The Bertz CT molecular complexity index is 537. The summed E-state index contributed by atoms with van der Waals surface area (Å²) in [4.78, 5) is 12.2. The first-order valence-corrected chi connectivity index (χ1v) is 6.58. The summed E-state index contributed by atoms with van der Waals surface area (Å²) >= 11 is 0. The van der Waals surface area contributed by atoms with Crippen molar-refractivity contribution in [2.45, 2.75) is 39.5 Å². The SMILES string of the molecule is Cc1nn(CC(F)(F)F)cc1C(=O)NC1COCC1(C)C. The number of rotatable bonds is 3. The highest BCUT2D eigenvalue weighted by atomic mass is 19.4. The Morgan fingerprint density at radius 2 is 2.24 bits per heavy atom. The highest BCUT2D eigenvalue weighted by molar-refractivity contribution is 5.95. The first kappa shape index (κ1) is 15.8. The number of nitrogens with one attached hydrogen (secondary N) is 1. The number of alkyl halides is 3. The highest BCUT2D eigenvalue weighted by Gasteiger charge is 2.37. The molecule has 1 aromatic heterocycles. The number of amides is 1. The van der Waals surface area contributed by atoms with E-state index < -0.39 is 18.6 Å². The van der Waals surface area contributed by atoms with Gasteiger partial charge >= 0.3 is 6.18 Å². The van der Waals surface area contributed by atoms with Gasteiger partial charge in [-0.2, -0.15) is 18.3 Å². The van der Waals surface area contributed by atoms with Crippen LogP contribution in [0.25, 0.3) is 0 Å². The molecular weight excluding hydrogens is 287 g/mol. The van der Waals surface area contributed by atoms with Gasteiger partial charge in [0.15, 0.2) is 0 Å². The quantitative estimate of drug-likeness (QED) is 0.928. The molecule has 1 N–H and O–H groups in total. The van der Waals surface area contributed by atoms with E-state index in [0.717, 1.165) is 10.9 Å². The third kappa shape index (κ3) is 3.75. The third-order valence-corrected chi connectivity index (χ3v) is 3.54. The van der Waals surface area contributed by atoms with Crippen molar-refractivity contribution in [3.63, 3.8) is 0 Å². The highest BCUT2D eigenvalue weighted by Crippen LogP contribution is 2.27. The zero-order valence-electron chi connectivity index (χ0n) is 12.1. The van der Waals surface area contributed by atoms with Crippen LogP contribution in [0.3, 0.4) is 0 Å². The normalized spacial score (nSPS) is 21.5. The summed E-state index contributed by atoms with van der Waals surface area (Å²) < 4.78 is 43.1. The van der Waals surface area contributed by atoms with E-state index in [-0.39, 0.29) is 22.7 Å². The summed E-state index contributed by atoms with van der Waals surface area (Å²) in [6.07, 6.45) is -3.24. The molecule has 118 valence electrons. The van der Waals surface area contributed by atoms with Crippen molar-refractivity contribution >= 4 is 5.91 Å². The lowest BCUT2D eigenvalue weighted by Crippen LogP contribution is -2.44. The average molecular weight is 305 g/mol. The predicted molar refractivity (Wildman–Crippen MR) is 68.9 cm³/mol. The lowest BCUT2D eigenvalue weighted by molar-refractivity contribution is -0.142. The fourth-order valence-electron chi connectivity index (χ4n) is 2.24. The molecule has 0 saturated carbocycles. The van der Waals surface area contributed by atoms with E-state index in [9.17, 15) is 18.0 Å². The number of hydrogen-bond donors (Lipinski definition) is 1. The van der Waals surface area contributed by atoms with Gasteiger partial charge in [-0.1, -0.05) is 13.8 Å². The van der Waals surface area contributed by atoms with Gasteiger partial charge in [0.2, 0.25) is 0 Å². The lowest BCUT2D eigenvalue weighted by atomic mass is 9.88. The van der Waals surface area contributed by atoms with Gasteiger partial charge in [-0.15, -0.1) is 0 Å². The molecule has 0 radical (unpaired) electrons. The van der Waals surface area contributed by atoms with Crippen LogP contribution < -0.4 is 5.32 Å². The van der Waals surface area contributed by atoms with Crippen LogP contribution in [0.5, 0.6) is 0 Å². The number of aromatic nitrogens is 2. The van der Waals surface area contributed by atoms with Gasteiger partial charge in [-0.05, 0) is 6.92 Å². The molecule has 21 heavy (non-hydrogen) atoms. The second-order valence-electron chi connectivity index (χ2n) is 5.97. The van der Waals surface area contributed by atoms with Crippen LogP contribution in [-0.2, 0) is 11.3 Å². The van der Waals surface area contributed by atoms with E-state index in [1.807, 2.05) is 13.8 Å². The van der Waals surface area contributed by atoms with Crippen LogP contribution in [0.4, 0.5) is 13.2 Å².